The molecule has 1 unspecified atom stereocenters. The molecule has 2 heterocycles. The number of benzene rings is 1. The molecule has 0 radical (unpaired) electrons. The van der Waals surface area contributed by atoms with E-state index < -0.39 is 0 Å². The first-order valence-electron chi connectivity index (χ1n) is 6.91. The molecule has 1 fully saturated rings. The lowest BCUT2D eigenvalue weighted by molar-refractivity contribution is 0.582. The van der Waals surface area contributed by atoms with E-state index in [2.05, 4.69) is 46.4 Å². The van der Waals surface area contributed by atoms with Crippen molar-refractivity contribution in [2.24, 2.45) is 0 Å². The number of thioether (sulfide) groups is 1. The monoisotopic (exact) mass is 294 g/mol. The lowest BCUT2D eigenvalue weighted by atomic mass is 10.2. The third-order valence-electron chi connectivity index (χ3n) is 3.76. The van der Waals surface area contributed by atoms with Gasteiger partial charge in [-0.05, 0) is 43.2 Å². The molecular weight excluding hydrogens is 276 g/mol. The second-order valence-electron chi connectivity index (χ2n) is 5.25. The number of halogens is 1. The Balaban J connectivity index is 1.95. The second kappa shape index (κ2) is 5.76. The van der Waals surface area contributed by atoms with Gasteiger partial charge in [0.05, 0.1) is 16.9 Å². The Morgan fingerprint density at radius 1 is 1.42 bits per heavy atom. The lowest BCUT2D eigenvalue weighted by Crippen LogP contribution is -2.18. The fraction of sp³-hybridized carbons (Fsp3) is 0.533. The predicted octanol–water partition coefficient (Wildman–Crippen LogP) is 4.37. The third-order valence-corrected chi connectivity index (χ3v) is 5.38. The van der Waals surface area contributed by atoms with Crippen LogP contribution in [-0.4, -0.2) is 20.6 Å². The zero-order chi connectivity index (χ0) is 13.2. The average Bonchev–Trinajstić information content (AvgIpc) is 2.77. The highest BCUT2D eigenvalue weighted by atomic mass is 35.5. The molecule has 1 aliphatic rings. The Bertz CT molecular complexity index is 573. The first kappa shape index (κ1) is 13.3. The molecule has 4 heteroatoms. The van der Waals surface area contributed by atoms with Gasteiger partial charge in [-0.3, -0.25) is 0 Å². The molecule has 1 saturated heterocycles. The number of aromatic nitrogens is 2. The summed E-state index contributed by atoms with van der Waals surface area (Å²) in [6.07, 6.45) is 4.05. The summed E-state index contributed by atoms with van der Waals surface area (Å²) >= 11 is 8.17. The Kier molecular flexibility index (Phi) is 4.04. The normalized spacial score (nSPS) is 20.0. The van der Waals surface area contributed by atoms with Gasteiger partial charge >= 0.3 is 0 Å². The Morgan fingerprint density at radius 3 is 3.05 bits per heavy atom. The minimum atomic E-state index is 0.491. The Morgan fingerprint density at radius 2 is 2.32 bits per heavy atom. The number of imidazole rings is 1. The molecule has 0 spiro atoms. The molecule has 2 aromatic rings. The molecule has 1 aliphatic heterocycles. The van der Waals surface area contributed by atoms with Crippen molar-refractivity contribution in [2.45, 2.75) is 43.9 Å². The van der Waals surface area contributed by atoms with E-state index in [0.717, 1.165) is 23.1 Å². The number of hydrogen-bond donors (Lipinski definition) is 0. The molecule has 0 amide bonds. The Hall–Kier alpha value is -0.670. The summed E-state index contributed by atoms with van der Waals surface area (Å²) < 4.78 is 2.32. The minimum Gasteiger partial charge on any atom is -0.326 e. The first-order valence-corrected chi connectivity index (χ1v) is 8.49. The quantitative estimate of drug-likeness (QED) is 0.782. The van der Waals surface area contributed by atoms with Crippen molar-refractivity contribution in [3.05, 3.63) is 29.6 Å². The smallest absolute Gasteiger partial charge is 0.124 e. The molecule has 19 heavy (non-hydrogen) atoms. The van der Waals surface area contributed by atoms with Gasteiger partial charge in [-0.1, -0.05) is 12.5 Å². The summed E-state index contributed by atoms with van der Waals surface area (Å²) in [4.78, 5) is 4.68. The van der Waals surface area contributed by atoms with Gasteiger partial charge in [0.15, 0.2) is 0 Å². The van der Waals surface area contributed by atoms with Gasteiger partial charge in [0.25, 0.3) is 0 Å². The molecule has 102 valence electrons. The highest BCUT2D eigenvalue weighted by molar-refractivity contribution is 7.99. The lowest BCUT2D eigenvalue weighted by Gasteiger charge is -2.22. The van der Waals surface area contributed by atoms with E-state index in [4.69, 9.17) is 11.6 Å². The molecule has 1 atom stereocenters. The fourth-order valence-electron chi connectivity index (χ4n) is 2.75. The number of rotatable bonds is 3. The van der Waals surface area contributed by atoms with E-state index in [1.165, 1.54) is 36.1 Å². The van der Waals surface area contributed by atoms with Gasteiger partial charge < -0.3 is 4.57 Å². The number of nitrogens with zero attached hydrogens (tertiary/aromatic N) is 2. The van der Waals surface area contributed by atoms with E-state index in [-0.39, 0.29) is 0 Å². The van der Waals surface area contributed by atoms with E-state index in [0.29, 0.717) is 5.88 Å². The van der Waals surface area contributed by atoms with Gasteiger partial charge in [-0.15, -0.1) is 11.6 Å². The van der Waals surface area contributed by atoms with Crippen molar-refractivity contribution in [2.75, 3.05) is 5.75 Å². The van der Waals surface area contributed by atoms with Crippen molar-refractivity contribution < 1.29 is 0 Å². The van der Waals surface area contributed by atoms with Crippen LogP contribution >= 0.6 is 23.4 Å². The van der Waals surface area contributed by atoms with Crippen LogP contribution in [0.25, 0.3) is 11.0 Å². The van der Waals surface area contributed by atoms with Gasteiger partial charge in [0.2, 0.25) is 0 Å². The highest BCUT2D eigenvalue weighted by Crippen LogP contribution is 2.28. The molecule has 1 aromatic heterocycles. The second-order valence-corrected chi connectivity index (χ2v) is 6.93. The van der Waals surface area contributed by atoms with E-state index >= 15 is 0 Å². The highest BCUT2D eigenvalue weighted by Gasteiger charge is 2.18. The van der Waals surface area contributed by atoms with E-state index in [1.54, 1.807) is 0 Å². The number of alkyl halides is 1. The van der Waals surface area contributed by atoms with Crippen LogP contribution < -0.4 is 0 Å². The number of aryl methyl sites for hydroxylation is 1. The zero-order valence-electron chi connectivity index (χ0n) is 11.2. The molecule has 2 nitrogen and oxygen atoms in total. The molecule has 3 rings (SSSR count). The predicted molar refractivity (Wildman–Crippen MR) is 84.1 cm³/mol. The van der Waals surface area contributed by atoms with E-state index in [9.17, 15) is 0 Å². The molecule has 1 aromatic carbocycles. The maximum atomic E-state index is 6.07. The fourth-order valence-corrected chi connectivity index (χ4v) is 4.25. The van der Waals surface area contributed by atoms with Gasteiger partial charge in [-0.25, -0.2) is 4.98 Å². The van der Waals surface area contributed by atoms with Gasteiger partial charge in [0.1, 0.15) is 5.82 Å². The molecule has 0 bridgehead atoms. The SMILES string of the molecule is Cc1ccc2c(c1)nc(CCl)n2CC1CCCCS1. The van der Waals surface area contributed by atoms with Crippen molar-refractivity contribution in [1.82, 2.24) is 9.55 Å². The van der Waals surface area contributed by atoms with Crippen LogP contribution in [-0.2, 0) is 12.4 Å². The largest absolute Gasteiger partial charge is 0.326 e. The number of hydrogen-bond acceptors (Lipinski definition) is 2. The van der Waals surface area contributed by atoms with Crippen LogP contribution in [0.4, 0.5) is 0 Å². The summed E-state index contributed by atoms with van der Waals surface area (Å²) in [5.41, 5.74) is 3.56. The van der Waals surface area contributed by atoms with Gasteiger partial charge in [0, 0.05) is 11.8 Å². The number of fused-ring (bicyclic) bond motifs is 1. The molecular formula is C15H19ClN2S. The first-order chi connectivity index (χ1) is 9.28. The van der Waals surface area contributed by atoms with Crippen LogP contribution in [0.1, 0.15) is 30.7 Å². The maximum Gasteiger partial charge on any atom is 0.124 e. The third kappa shape index (κ3) is 2.77. The van der Waals surface area contributed by atoms with Gasteiger partial charge in [-0.2, -0.15) is 11.8 Å². The summed E-state index contributed by atoms with van der Waals surface area (Å²) in [5.74, 6) is 2.80. The van der Waals surface area contributed by atoms with Crippen LogP contribution in [0.15, 0.2) is 18.2 Å². The van der Waals surface area contributed by atoms with Crippen molar-refractivity contribution in [3.8, 4) is 0 Å². The van der Waals surface area contributed by atoms with Crippen molar-refractivity contribution in [1.29, 1.82) is 0 Å². The Labute approximate surface area is 123 Å². The maximum absolute atomic E-state index is 6.07. The summed E-state index contributed by atoms with van der Waals surface area (Å²) in [7, 11) is 0. The average molecular weight is 295 g/mol. The zero-order valence-corrected chi connectivity index (χ0v) is 12.8. The molecule has 0 N–H and O–H groups in total. The molecule has 0 aliphatic carbocycles. The van der Waals surface area contributed by atoms with E-state index in [1.807, 2.05) is 0 Å². The summed E-state index contributed by atoms with van der Waals surface area (Å²) in [6.45, 7) is 3.15. The minimum absolute atomic E-state index is 0.491. The standard InChI is InChI=1S/C15H19ClN2S/c1-11-5-6-14-13(8-11)17-15(9-16)18(14)10-12-4-2-3-7-19-12/h5-6,8,12H,2-4,7,9-10H2,1H3. The van der Waals surface area contributed by atoms with Crippen molar-refractivity contribution >= 4 is 34.4 Å². The molecule has 0 saturated carbocycles. The van der Waals surface area contributed by atoms with Crippen LogP contribution in [0.3, 0.4) is 0 Å². The van der Waals surface area contributed by atoms with Crippen LogP contribution in [0, 0.1) is 6.92 Å². The van der Waals surface area contributed by atoms with Crippen molar-refractivity contribution in [3.63, 3.8) is 0 Å². The summed E-state index contributed by atoms with van der Waals surface area (Å²) in [6, 6.07) is 6.49. The van der Waals surface area contributed by atoms with Crippen LogP contribution in [0.5, 0.6) is 0 Å². The van der Waals surface area contributed by atoms with Crippen LogP contribution in [0.2, 0.25) is 0 Å². The topological polar surface area (TPSA) is 17.8 Å². The summed E-state index contributed by atoms with van der Waals surface area (Å²) in [5, 5.41) is 0.717.